The molecule has 13 heavy (non-hydrogen) atoms. The van der Waals surface area contributed by atoms with Crippen LogP contribution in [0.5, 0.6) is 0 Å². The molecule has 0 radical (unpaired) electrons. The Morgan fingerprint density at radius 3 is 2.46 bits per heavy atom. The topological polar surface area (TPSA) is 41.3 Å². The van der Waals surface area contributed by atoms with Crippen molar-refractivity contribution >= 4 is 0 Å². The Kier molecular flexibility index (Phi) is 2.86. The van der Waals surface area contributed by atoms with Crippen LogP contribution in [0.2, 0.25) is 0 Å². The van der Waals surface area contributed by atoms with Crippen LogP contribution in [0.1, 0.15) is 25.7 Å². The smallest absolute Gasteiger partial charge is 0.0111 e. The van der Waals surface area contributed by atoms with Crippen LogP contribution in [0.3, 0.4) is 0 Å². The number of nitrogens with zero attached hydrogens (tertiary/aromatic N) is 1. The molecule has 0 aliphatic carbocycles. The van der Waals surface area contributed by atoms with Crippen molar-refractivity contribution in [2.75, 3.05) is 20.1 Å². The van der Waals surface area contributed by atoms with E-state index < -0.39 is 0 Å². The largest absolute Gasteiger partial charge is 0.329 e. The van der Waals surface area contributed by atoms with Crippen LogP contribution in [-0.2, 0) is 0 Å². The molecule has 2 saturated heterocycles. The zero-order chi connectivity index (χ0) is 9.26. The third-order valence-corrected chi connectivity index (χ3v) is 3.68. The summed E-state index contributed by atoms with van der Waals surface area (Å²) in [7, 11) is 2.28. The third-order valence-electron chi connectivity index (χ3n) is 3.68. The predicted molar refractivity (Wildman–Crippen MR) is 54.7 cm³/mol. The van der Waals surface area contributed by atoms with Crippen molar-refractivity contribution in [3.63, 3.8) is 0 Å². The first kappa shape index (κ1) is 9.44. The average molecular weight is 183 g/mol. The maximum Gasteiger partial charge on any atom is 0.0111 e. The fourth-order valence-corrected chi connectivity index (χ4v) is 2.87. The summed E-state index contributed by atoms with van der Waals surface area (Å²) in [4.78, 5) is 2.57. The predicted octanol–water partition coefficient (Wildman–Crippen LogP) is 0.160. The second-order valence-corrected chi connectivity index (χ2v) is 4.46. The monoisotopic (exact) mass is 183 g/mol. The van der Waals surface area contributed by atoms with E-state index in [0.29, 0.717) is 0 Å². The third kappa shape index (κ3) is 1.87. The molecule has 3 N–H and O–H groups in total. The molecule has 0 spiro atoms. The molecule has 0 amide bonds. The van der Waals surface area contributed by atoms with E-state index in [4.69, 9.17) is 5.73 Å². The Labute approximate surface area is 80.7 Å². The van der Waals surface area contributed by atoms with Gasteiger partial charge in [-0.05, 0) is 32.7 Å². The maximum atomic E-state index is 5.48. The van der Waals surface area contributed by atoms with Gasteiger partial charge in [-0.3, -0.25) is 0 Å². The molecular formula is C10H21N3. The highest BCUT2D eigenvalue weighted by Crippen LogP contribution is 2.33. The van der Waals surface area contributed by atoms with E-state index in [1.165, 1.54) is 25.7 Å². The first-order chi connectivity index (χ1) is 6.31. The minimum atomic E-state index is 0.734. The van der Waals surface area contributed by atoms with Crippen molar-refractivity contribution in [2.45, 2.75) is 43.8 Å². The number of piperidine rings is 1. The second-order valence-electron chi connectivity index (χ2n) is 4.46. The molecule has 2 rings (SSSR count). The molecule has 76 valence electrons. The molecule has 0 aromatic rings. The van der Waals surface area contributed by atoms with Crippen molar-refractivity contribution < 1.29 is 0 Å². The minimum Gasteiger partial charge on any atom is -0.329 e. The van der Waals surface area contributed by atoms with Crippen molar-refractivity contribution in [3.8, 4) is 0 Å². The van der Waals surface area contributed by atoms with Gasteiger partial charge < -0.3 is 16.0 Å². The first-order valence-corrected chi connectivity index (χ1v) is 5.46. The molecule has 3 nitrogen and oxygen atoms in total. The standard InChI is InChI=1S/C10H21N3/c1-13-9-2-3-10(13)7-8(6-9)12-5-4-11/h8-10,12H,2-7,11H2,1H3. The van der Waals surface area contributed by atoms with Crippen LogP contribution in [0.25, 0.3) is 0 Å². The molecule has 2 bridgehead atoms. The lowest BCUT2D eigenvalue weighted by atomic mass is 9.98. The summed E-state index contributed by atoms with van der Waals surface area (Å²) in [5.74, 6) is 0. The summed E-state index contributed by atoms with van der Waals surface area (Å²) in [5.41, 5.74) is 5.48. The SMILES string of the molecule is CN1C2CCC1CC(NCCN)C2. The van der Waals surface area contributed by atoms with E-state index in [-0.39, 0.29) is 0 Å². The number of rotatable bonds is 3. The Morgan fingerprint density at radius 2 is 1.92 bits per heavy atom. The van der Waals surface area contributed by atoms with E-state index in [1.54, 1.807) is 0 Å². The Bertz CT molecular complexity index is 158. The molecular weight excluding hydrogens is 162 g/mol. The van der Waals surface area contributed by atoms with Crippen LogP contribution < -0.4 is 11.1 Å². The van der Waals surface area contributed by atoms with Gasteiger partial charge in [0.05, 0.1) is 0 Å². The fourth-order valence-electron chi connectivity index (χ4n) is 2.87. The van der Waals surface area contributed by atoms with Gasteiger partial charge in [-0.15, -0.1) is 0 Å². The van der Waals surface area contributed by atoms with Crippen LogP contribution >= 0.6 is 0 Å². The molecule has 0 saturated carbocycles. The van der Waals surface area contributed by atoms with Crippen molar-refractivity contribution in [3.05, 3.63) is 0 Å². The van der Waals surface area contributed by atoms with Gasteiger partial charge in [-0.1, -0.05) is 0 Å². The van der Waals surface area contributed by atoms with Gasteiger partial charge in [0.2, 0.25) is 0 Å². The highest BCUT2D eigenvalue weighted by molar-refractivity contribution is 4.95. The Hall–Kier alpha value is -0.120. The van der Waals surface area contributed by atoms with Gasteiger partial charge in [0.25, 0.3) is 0 Å². The van der Waals surface area contributed by atoms with E-state index in [9.17, 15) is 0 Å². The highest BCUT2D eigenvalue weighted by Gasteiger charge is 2.37. The number of nitrogens with one attached hydrogen (secondary N) is 1. The summed E-state index contributed by atoms with van der Waals surface area (Å²) in [6, 6.07) is 2.42. The molecule has 2 aliphatic heterocycles. The number of fused-ring (bicyclic) bond motifs is 2. The molecule has 3 heteroatoms. The van der Waals surface area contributed by atoms with E-state index in [0.717, 1.165) is 31.2 Å². The molecule has 2 aliphatic rings. The summed E-state index contributed by atoms with van der Waals surface area (Å²) < 4.78 is 0. The van der Waals surface area contributed by atoms with Gasteiger partial charge in [-0.25, -0.2) is 0 Å². The molecule has 0 aromatic heterocycles. The average Bonchev–Trinajstić information content (AvgIpc) is 2.41. The molecule has 2 atom stereocenters. The van der Waals surface area contributed by atoms with E-state index >= 15 is 0 Å². The van der Waals surface area contributed by atoms with E-state index in [2.05, 4.69) is 17.3 Å². The zero-order valence-corrected chi connectivity index (χ0v) is 8.50. The van der Waals surface area contributed by atoms with Crippen LogP contribution in [0.4, 0.5) is 0 Å². The van der Waals surface area contributed by atoms with Gasteiger partial charge in [0.15, 0.2) is 0 Å². The van der Waals surface area contributed by atoms with Gasteiger partial charge in [0.1, 0.15) is 0 Å². The van der Waals surface area contributed by atoms with Gasteiger partial charge >= 0.3 is 0 Å². The zero-order valence-electron chi connectivity index (χ0n) is 8.50. The van der Waals surface area contributed by atoms with Gasteiger partial charge in [-0.2, -0.15) is 0 Å². The molecule has 2 heterocycles. The summed E-state index contributed by atoms with van der Waals surface area (Å²) in [6.07, 6.45) is 5.46. The summed E-state index contributed by atoms with van der Waals surface area (Å²) in [6.45, 7) is 1.75. The molecule has 0 aromatic carbocycles. The second kappa shape index (κ2) is 3.95. The van der Waals surface area contributed by atoms with Crippen molar-refractivity contribution in [1.82, 2.24) is 10.2 Å². The number of hydrogen-bond acceptors (Lipinski definition) is 3. The number of hydrogen-bond donors (Lipinski definition) is 2. The quantitative estimate of drug-likeness (QED) is 0.655. The van der Waals surface area contributed by atoms with Crippen LogP contribution in [0.15, 0.2) is 0 Å². The van der Waals surface area contributed by atoms with Crippen molar-refractivity contribution in [2.24, 2.45) is 5.73 Å². The lowest BCUT2D eigenvalue weighted by Gasteiger charge is -2.36. The molecule has 2 unspecified atom stereocenters. The normalized spacial score (nSPS) is 39.7. The summed E-state index contributed by atoms with van der Waals surface area (Å²) >= 11 is 0. The van der Waals surface area contributed by atoms with Gasteiger partial charge in [0, 0.05) is 31.2 Å². The summed E-state index contributed by atoms with van der Waals surface area (Å²) in [5, 5.41) is 3.54. The highest BCUT2D eigenvalue weighted by atomic mass is 15.2. The van der Waals surface area contributed by atoms with Crippen LogP contribution in [-0.4, -0.2) is 43.2 Å². The lowest BCUT2D eigenvalue weighted by Crippen LogP contribution is -2.48. The van der Waals surface area contributed by atoms with Crippen molar-refractivity contribution in [1.29, 1.82) is 0 Å². The Morgan fingerprint density at radius 1 is 1.31 bits per heavy atom. The number of nitrogens with two attached hydrogens (primary N) is 1. The first-order valence-electron chi connectivity index (χ1n) is 5.46. The fraction of sp³-hybridized carbons (Fsp3) is 1.00. The lowest BCUT2D eigenvalue weighted by molar-refractivity contribution is 0.149. The Balaban J connectivity index is 1.84. The maximum absolute atomic E-state index is 5.48. The molecule has 2 fully saturated rings. The van der Waals surface area contributed by atoms with Crippen LogP contribution in [0, 0.1) is 0 Å². The minimum absolute atomic E-state index is 0.734. The van der Waals surface area contributed by atoms with E-state index in [1.807, 2.05) is 0 Å².